The maximum atomic E-state index is 11.9. The maximum Gasteiger partial charge on any atom is 0.251 e. The average Bonchev–Trinajstić information content (AvgIpc) is 2.34. The predicted octanol–water partition coefficient (Wildman–Crippen LogP) is 1.41. The van der Waals surface area contributed by atoms with Crippen LogP contribution < -0.4 is 15.8 Å². The zero-order chi connectivity index (χ0) is 14.4. The predicted molar refractivity (Wildman–Crippen MR) is 75.2 cm³/mol. The topological polar surface area (TPSA) is 84.6 Å². The standard InChI is InChI=1S/C14H22N2O3/c1-9(2)4-12(17)8-16-14(18)10-5-11(15)7-13(6-10)19-3/h5-7,9,12,17H,4,8,15H2,1-3H3,(H,16,18). The van der Waals surface area contributed by atoms with Crippen LogP contribution in [0.2, 0.25) is 0 Å². The smallest absolute Gasteiger partial charge is 0.251 e. The Labute approximate surface area is 113 Å². The monoisotopic (exact) mass is 266 g/mol. The molecule has 0 aromatic heterocycles. The van der Waals surface area contributed by atoms with Crippen LogP contribution in [0.1, 0.15) is 30.6 Å². The normalized spacial score (nSPS) is 12.3. The van der Waals surface area contributed by atoms with E-state index in [0.29, 0.717) is 29.3 Å². The lowest BCUT2D eigenvalue weighted by atomic mass is 10.1. The van der Waals surface area contributed by atoms with Crippen molar-refractivity contribution in [3.05, 3.63) is 23.8 Å². The second-order valence-electron chi connectivity index (χ2n) is 4.99. The first-order chi connectivity index (χ1) is 8.92. The van der Waals surface area contributed by atoms with Crippen LogP contribution in [0, 0.1) is 5.92 Å². The van der Waals surface area contributed by atoms with Crippen LogP contribution in [0.25, 0.3) is 0 Å². The summed E-state index contributed by atoms with van der Waals surface area (Å²) in [5.74, 6) is 0.653. The largest absolute Gasteiger partial charge is 0.497 e. The van der Waals surface area contributed by atoms with Crippen molar-refractivity contribution in [1.29, 1.82) is 0 Å². The lowest BCUT2D eigenvalue weighted by molar-refractivity contribution is 0.0900. The van der Waals surface area contributed by atoms with E-state index in [0.717, 1.165) is 0 Å². The Kier molecular flexibility index (Phi) is 5.63. The number of aliphatic hydroxyl groups excluding tert-OH is 1. The first-order valence-corrected chi connectivity index (χ1v) is 6.33. The van der Waals surface area contributed by atoms with Gasteiger partial charge in [-0.3, -0.25) is 4.79 Å². The van der Waals surface area contributed by atoms with E-state index in [9.17, 15) is 9.90 Å². The first kappa shape index (κ1) is 15.3. The number of rotatable bonds is 6. The van der Waals surface area contributed by atoms with Crippen LogP contribution in [0.3, 0.4) is 0 Å². The molecule has 0 aliphatic heterocycles. The summed E-state index contributed by atoms with van der Waals surface area (Å²) in [6, 6.07) is 4.83. The minimum atomic E-state index is -0.535. The Hall–Kier alpha value is -1.75. The van der Waals surface area contributed by atoms with Crippen molar-refractivity contribution in [2.45, 2.75) is 26.4 Å². The quantitative estimate of drug-likeness (QED) is 0.680. The van der Waals surface area contributed by atoms with Gasteiger partial charge in [-0.25, -0.2) is 0 Å². The zero-order valence-corrected chi connectivity index (χ0v) is 11.6. The van der Waals surface area contributed by atoms with Crippen LogP contribution in [-0.4, -0.2) is 30.8 Å². The molecule has 0 bridgehead atoms. The van der Waals surface area contributed by atoms with Crippen LogP contribution >= 0.6 is 0 Å². The van der Waals surface area contributed by atoms with Crippen molar-refractivity contribution in [1.82, 2.24) is 5.32 Å². The molecule has 19 heavy (non-hydrogen) atoms. The van der Waals surface area contributed by atoms with Crippen molar-refractivity contribution in [3.8, 4) is 5.75 Å². The van der Waals surface area contributed by atoms with E-state index in [1.54, 1.807) is 18.2 Å². The summed E-state index contributed by atoms with van der Waals surface area (Å²) in [5.41, 5.74) is 6.57. The highest BCUT2D eigenvalue weighted by Gasteiger charge is 2.11. The molecule has 0 saturated carbocycles. The Morgan fingerprint density at radius 1 is 1.42 bits per heavy atom. The van der Waals surface area contributed by atoms with Gasteiger partial charge in [-0.1, -0.05) is 13.8 Å². The number of nitrogen functional groups attached to an aromatic ring is 1. The lowest BCUT2D eigenvalue weighted by Crippen LogP contribution is -2.32. The number of methoxy groups -OCH3 is 1. The number of anilines is 1. The fraction of sp³-hybridized carbons (Fsp3) is 0.500. The maximum absolute atomic E-state index is 11.9. The van der Waals surface area contributed by atoms with E-state index in [4.69, 9.17) is 10.5 Å². The summed E-state index contributed by atoms with van der Waals surface area (Å²) in [5, 5.41) is 12.4. The molecule has 1 atom stereocenters. The van der Waals surface area contributed by atoms with Gasteiger partial charge in [0.25, 0.3) is 5.91 Å². The Bertz CT molecular complexity index is 433. The van der Waals surface area contributed by atoms with Crippen molar-refractivity contribution in [3.63, 3.8) is 0 Å². The van der Waals surface area contributed by atoms with E-state index in [2.05, 4.69) is 5.32 Å². The summed E-state index contributed by atoms with van der Waals surface area (Å²) in [6.45, 7) is 4.27. The lowest BCUT2D eigenvalue weighted by Gasteiger charge is -2.14. The molecule has 0 heterocycles. The highest BCUT2D eigenvalue weighted by molar-refractivity contribution is 5.95. The molecule has 106 valence electrons. The van der Waals surface area contributed by atoms with Crippen LogP contribution in [0.5, 0.6) is 5.75 Å². The van der Waals surface area contributed by atoms with Crippen molar-refractivity contribution in [2.24, 2.45) is 5.92 Å². The average molecular weight is 266 g/mol. The van der Waals surface area contributed by atoms with E-state index < -0.39 is 6.10 Å². The molecular formula is C14H22N2O3. The molecule has 0 spiro atoms. The minimum Gasteiger partial charge on any atom is -0.497 e. The zero-order valence-electron chi connectivity index (χ0n) is 11.6. The molecule has 0 fully saturated rings. The summed E-state index contributed by atoms with van der Waals surface area (Å²) in [7, 11) is 1.52. The number of hydrogen-bond acceptors (Lipinski definition) is 4. The first-order valence-electron chi connectivity index (χ1n) is 6.33. The molecule has 1 amide bonds. The number of nitrogens with two attached hydrogens (primary N) is 1. The Morgan fingerprint density at radius 2 is 2.11 bits per heavy atom. The highest BCUT2D eigenvalue weighted by atomic mass is 16.5. The van der Waals surface area contributed by atoms with Crippen LogP contribution in [0.4, 0.5) is 5.69 Å². The van der Waals surface area contributed by atoms with E-state index in [1.807, 2.05) is 13.8 Å². The van der Waals surface area contributed by atoms with Gasteiger partial charge in [-0.05, 0) is 24.5 Å². The van der Waals surface area contributed by atoms with E-state index >= 15 is 0 Å². The molecule has 1 rings (SSSR count). The van der Waals surface area contributed by atoms with Gasteiger partial charge in [0.1, 0.15) is 5.75 Å². The Morgan fingerprint density at radius 3 is 2.68 bits per heavy atom. The van der Waals surface area contributed by atoms with Crippen LogP contribution in [0.15, 0.2) is 18.2 Å². The molecule has 0 radical (unpaired) electrons. The number of carbonyl (C=O) groups is 1. The summed E-state index contributed by atoms with van der Waals surface area (Å²) in [4.78, 5) is 11.9. The van der Waals surface area contributed by atoms with Crippen molar-refractivity contribution in [2.75, 3.05) is 19.4 Å². The number of carbonyl (C=O) groups excluding carboxylic acids is 1. The van der Waals surface area contributed by atoms with Crippen molar-refractivity contribution < 1.29 is 14.6 Å². The van der Waals surface area contributed by atoms with E-state index in [-0.39, 0.29) is 12.5 Å². The summed E-state index contributed by atoms with van der Waals surface area (Å²) < 4.78 is 5.05. The minimum absolute atomic E-state index is 0.230. The molecule has 5 heteroatoms. The fourth-order valence-electron chi connectivity index (χ4n) is 1.81. The second-order valence-corrected chi connectivity index (χ2v) is 4.99. The van der Waals surface area contributed by atoms with Crippen molar-refractivity contribution >= 4 is 11.6 Å². The molecule has 1 unspecified atom stereocenters. The Balaban J connectivity index is 2.60. The molecular weight excluding hydrogens is 244 g/mol. The third kappa shape index (κ3) is 5.18. The summed E-state index contributed by atoms with van der Waals surface area (Å²) in [6.07, 6.45) is 0.118. The molecule has 4 N–H and O–H groups in total. The summed E-state index contributed by atoms with van der Waals surface area (Å²) >= 11 is 0. The molecule has 0 aliphatic carbocycles. The SMILES string of the molecule is COc1cc(N)cc(C(=O)NCC(O)CC(C)C)c1. The van der Waals surface area contributed by atoms with Crippen LogP contribution in [-0.2, 0) is 0 Å². The highest BCUT2D eigenvalue weighted by Crippen LogP contribution is 2.18. The molecule has 1 aromatic rings. The number of ether oxygens (including phenoxy) is 1. The van der Waals surface area contributed by atoms with Gasteiger partial charge in [0, 0.05) is 23.9 Å². The van der Waals surface area contributed by atoms with Gasteiger partial charge < -0.3 is 20.9 Å². The number of aliphatic hydroxyl groups is 1. The molecule has 1 aromatic carbocycles. The number of amides is 1. The molecule has 5 nitrogen and oxygen atoms in total. The second kappa shape index (κ2) is 6.99. The number of nitrogens with one attached hydrogen (secondary N) is 1. The van der Waals surface area contributed by atoms with Gasteiger partial charge in [-0.15, -0.1) is 0 Å². The van der Waals surface area contributed by atoms with Gasteiger partial charge in [0.15, 0.2) is 0 Å². The van der Waals surface area contributed by atoms with Gasteiger partial charge in [0.2, 0.25) is 0 Å². The molecule has 0 saturated heterocycles. The fourth-order valence-corrected chi connectivity index (χ4v) is 1.81. The number of hydrogen-bond donors (Lipinski definition) is 3. The van der Waals surface area contributed by atoms with Gasteiger partial charge in [0.05, 0.1) is 13.2 Å². The third-order valence-corrected chi connectivity index (χ3v) is 2.67. The number of benzene rings is 1. The van der Waals surface area contributed by atoms with E-state index in [1.165, 1.54) is 7.11 Å². The molecule has 0 aliphatic rings. The third-order valence-electron chi connectivity index (χ3n) is 2.67. The van der Waals surface area contributed by atoms with Gasteiger partial charge in [-0.2, -0.15) is 0 Å². The van der Waals surface area contributed by atoms with Gasteiger partial charge >= 0.3 is 0 Å².